The Bertz CT molecular complexity index is 1350. The molecule has 0 aliphatic carbocycles. The Balaban J connectivity index is 1.52. The van der Waals surface area contributed by atoms with E-state index in [2.05, 4.69) is 20.1 Å². The van der Waals surface area contributed by atoms with Crippen LogP contribution >= 0.6 is 0 Å². The average Bonchev–Trinajstić information content (AvgIpc) is 3.22. The molecule has 1 aliphatic heterocycles. The number of nitrogen functional groups attached to an aromatic ring is 2. The second-order valence-corrected chi connectivity index (χ2v) is 8.01. The van der Waals surface area contributed by atoms with E-state index >= 15 is 0 Å². The van der Waals surface area contributed by atoms with Crippen LogP contribution < -0.4 is 11.5 Å². The van der Waals surface area contributed by atoms with Crippen molar-refractivity contribution in [3.63, 3.8) is 0 Å². The van der Waals surface area contributed by atoms with E-state index in [0.29, 0.717) is 23.8 Å². The molecule has 1 amide bonds. The number of aromatic nitrogens is 5. The van der Waals surface area contributed by atoms with E-state index < -0.39 is 11.6 Å². The molecule has 32 heavy (non-hydrogen) atoms. The zero-order valence-corrected chi connectivity index (χ0v) is 17.2. The smallest absolute Gasteiger partial charge is 0.255 e. The third-order valence-corrected chi connectivity index (χ3v) is 5.88. The highest BCUT2D eigenvalue weighted by Gasteiger charge is 2.33. The Labute approximate surface area is 181 Å². The van der Waals surface area contributed by atoms with Crippen LogP contribution in [0, 0.1) is 11.6 Å². The lowest BCUT2D eigenvalue weighted by Crippen LogP contribution is -2.45. The van der Waals surface area contributed by atoms with Crippen LogP contribution in [0.2, 0.25) is 0 Å². The lowest BCUT2D eigenvalue weighted by Gasteiger charge is -2.37. The summed E-state index contributed by atoms with van der Waals surface area (Å²) in [4.78, 5) is 27.4. The predicted octanol–water partition coefficient (Wildman–Crippen LogP) is 2.52. The highest BCUT2D eigenvalue weighted by molar-refractivity contribution is 5.94. The third-order valence-electron chi connectivity index (χ3n) is 5.88. The van der Waals surface area contributed by atoms with Gasteiger partial charge in [-0.3, -0.25) is 4.79 Å². The van der Waals surface area contributed by atoms with Crippen molar-refractivity contribution < 1.29 is 13.6 Å². The highest BCUT2D eigenvalue weighted by atomic mass is 19.1. The number of likely N-dealkylation sites (tertiary alicyclic amines) is 1. The Morgan fingerprint density at radius 2 is 1.97 bits per heavy atom. The largest absolute Gasteiger partial charge is 0.384 e. The maximum Gasteiger partial charge on any atom is 0.255 e. The summed E-state index contributed by atoms with van der Waals surface area (Å²) in [6.45, 7) is 2.37. The number of anilines is 2. The monoisotopic (exact) mass is 438 g/mol. The lowest BCUT2D eigenvalue weighted by molar-refractivity contribution is 0.0606. The molecule has 0 radical (unpaired) electrons. The summed E-state index contributed by atoms with van der Waals surface area (Å²) >= 11 is 0. The molecule has 0 saturated carbocycles. The molecule has 4 aromatic rings. The second-order valence-electron chi connectivity index (χ2n) is 8.01. The molecule has 3 aromatic heterocycles. The zero-order chi connectivity index (χ0) is 22.6. The van der Waals surface area contributed by atoms with Crippen molar-refractivity contribution in [3.8, 4) is 0 Å². The SMILES string of the molecule is C[C@H]1CC[C@@H](c2nc3c4cc(F)cc(F)c4nc(N)n3n2)CN1C(=O)c1ccc(N)nc1. The highest BCUT2D eigenvalue weighted by Crippen LogP contribution is 2.31. The first-order valence-electron chi connectivity index (χ1n) is 10.1. The normalized spacial score (nSPS) is 19.0. The van der Waals surface area contributed by atoms with Crippen molar-refractivity contribution in [1.82, 2.24) is 29.5 Å². The fraction of sp³-hybridized carbons (Fsp3) is 0.286. The standard InChI is InChI=1S/C21H20F2N8O/c1-10-2-3-12(9-30(10)20(32)11-4-5-16(24)26-8-11)18-28-19-14-6-13(22)7-15(23)17(14)27-21(25)31(19)29-18/h4-8,10,12H,2-3,9H2,1H3,(H2,24,26)(H2,25,27)/t10-,12+/m0/s1. The van der Waals surface area contributed by atoms with Crippen molar-refractivity contribution in [3.05, 3.63) is 53.5 Å². The van der Waals surface area contributed by atoms with E-state index in [1.807, 2.05) is 6.92 Å². The predicted molar refractivity (Wildman–Crippen MR) is 114 cm³/mol. The zero-order valence-electron chi connectivity index (χ0n) is 17.2. The molecule has 1 saturated heterocycles. The van der Waals surface area contributed by atoms with Gasteiger partial charge < -0.3 is 16.4 Å². The van der Waals surface area contributed by atoms with Crippen LogP contribution in [0.4, 0.5) is 20.5 Å². The van der Waals surface area contributed by atoms with Crippen molar-refractivity contribution in [1.29, 1.82) is 0 Å². The number of hydrogen-bond donors (Lipinski definition) is 2. The van der Waals surface area contributed by atoms with E-state index in [4.69, 9.17) is 11.5 Å². The van der Waals surface area contributed by atoms with Gasteiger partial charge in [-0.15, -0.1) is 5.10 Å². The maximum absolute atomic E-state index is 14.2. The summed E-state index contributed by atoms with van der Waals surface area (Å²) in [5, 5.41) is 4.64. The Morgan fingerprint density at radius 3 is 2.72 bits per heavy atom. The van der Waals surface area contributed by atoms with Crippen LogP contribution in [0.15, 0.2) is 30.5 Å². The molecule has 0 bridgehead atoms. The van der Waals surface area contributed by atoms with Crippen LogP contribution in [-0.2, 0) is 0 Å². The molecule has 1 aromatic carbocycles. The minimum Gasteiger partial charge on any atom is -0.384 e. The van der Waals surface area contributed by atoms with Gasteiger partial charge in [-0.25, -0.2) is 23.7 Å². The number of benzene rings is 1. The van der Waals surface area contributed by atoms with Crippen LogP contribution in [0.5, 0.6) is 0 Å². The topological polar surface area (TPSA) is 128 Å². The van der Waals surface area contributed by atoms with E-state index in [0.717, 1.165) is 25.0 Å². The van der Waals surface area contributed by atoms with Gasteiger partial charge in [0.15, 0.2) is 17.3 Å². The number of hydrogen-bond acceptors (Lipinski definition) is 7. The molecule has 164 valence electrons. The molecular formula is C21H20F2N8O. The molecule has 2 atom stereocenters. The minimum absolute atomic E-state index is 0.0177. The van der Waals surface area contributed by atoms with Gasteiger partial charge in [-0.05, 0) is 38.0 Å². The van der Waals surface area contributed by atoms with Crippen LogP contribution in [0.1, 0.15) is 41.9 Å². The number of halogens is 2. The summed E-state index contributed by atoms with van der Waals surface area (Å²) < 4.78 is 29.3. The first-order valence-corrected chi connectivity index (χ1v) is 10.1. The number of fused-ring (bicyclic) bond motifs is 3. The summed E-state index contributed by atoms with van der Waals surface area (Å²) in [5.74, 6) is -1.17. The van der Waals surface area contributed by atoms with Gasteiger partial charge in [0.05, 0.1) is 10.9 Å². The number of nitrogens with zero attached hydrogens (tertiary/aromatic N) is 6. The minimum atomic E-state index is -0.820. The van der Waals surface area contributed by atoms with Crippen molar-refractivity contribution in [2.75, 3.05) is 18.0 Å². The fourth-order valence-electron chi connectivity index (χ4n) is 4.15. The molecular weight excluding hydrogens is 418 g/mol. The molecule has 4 heterocycles. The van der Waals surface area contributed by atoms with E-state index in [9.17, 15) is 13.6 Å². The fourth-order valence-corrected chi connectivity index (χ4v) is 4.15. The number of carbonyl (C=O) groups excluding carboxylic acids is 1. The maximum atomic E-state index is 14.2. The molecule has 1 fully saturated rings. The van der Waals surface area contributed by atoms with E-state index in [-0.39, 0.29) is 40.4 Å². The second kappa shape index (κ2) is 7.36. The number of nitrogens with two attached hydrogens (primary N) is 2. The number of pyridine rings is 1. The lowest BCUT2D eigenvalue weighted by atomic mass is 9.92. The molecule has 1 aliphatic rings. The Hall–Kier alpha value is -3.89. The molecule has 0 unspecified atom stereocenters. The van der Waals surface area contributed by atoms with Gasteiger partial charge in [0.1, 0.15) is 17.2 Å². The summed E-state index contributed by atoms with van der Waals surface area (Å²) in [7, 11) is 0. The number of piperidine rings is 1. The van der Waals surface area contributed by atoms with Crippen molar-refractivity contribution in [2.45, 2.75) is 31.7 Å². The van der Waals surface area contributed by atoms with Crippen LogP contribution in [-0.4, -0.2) is 48.0 Å². The van der Waals surface area contributed by atoms with Gasteiger partial charge in [-0.1, -0.05) is 0 Å². The Morgan fingerprint density at radius 1 is 1.16 bits per heavy atom. The van der Waals surface area contributed by atoms with E-state index in [1.54, 1.807) is 17.0 Å². The number of amides is 1. The van der Waals surface area contributed by atoms with Gasteiger partial charge in [-0.2, -0.15) is 4.52 Å². The van der Waals surface area contributed by atoms with E-state index in [1.165, 1.54) is 10.7 Å². The first kappa shape index (κ1) is 20.0. The van der Waals surface area contributed by atoms with Gasteiger partial charge >= 0.3 is 0 Å². The van der Waals surface area contributed by atoms with Gasteiger partial charge in [0.2, 0.25) is 5.95 Å². The molecule has 0 spiro atoms. The third kappa shape index (κ3) is 3.26. The average molecular weight is 438 g/mol. The summed E-state index contributed by atoms with van der Waals surface area (Å²) in [6, 6.07) is 5.16. The van der Waals surface area contributed by atoms with Crippen molar-refractivity contribution >= 4 is 34.2 Å². The number of carbonyl (C=O) groups is 1. The quantitative estimate of drug-likeness (QED) is 0.492. The molecule has 5 rings (SSSR count). The van der Waals surface area contributed by atoms with Crippen LogP contribution in [0.3, 0.4) is 0 Å². The first-order chi connectivity index (χ1) is 15.3. The summed E-state index contributed by atoms with van der Waals surface area (Å²) in [6.07, 6.45) is 2.95. The van der Waals surface area contributed by atoms with Crippen molar-refractivity contribution in [2.24, 2.45) is 0 Å². The number of rotatable bonds is 2. The van der Waals surface area contributed by atoms with Gasteiger partial charge in [0.25, 0.3) is 5.91 Å². The molecule has 11 heteroatoms. The van der Waals surface area contributed by atoms with Crippen LogP contribution in [0.25, 0.3) is 16.6 Å². The van der Waals surface area contributed by atoms with Gasteiger partial charge in [0, 0.05) is 30.8 Å². The molecule has 4 N–H and O–H groups in total. The summed E-state index contributed by atoms with van der Waals surface area (Å²) in [5.41, 5.74) is 12.2. The molecule has 9 nitrogen and oxygen atoms in total. The Kier molecular flexibility index (Phi) is 4.61.